The highest BCUT2D eigenvalue weighted by molar-refractivity contribution is 4.86. The summed E-state index contributed by atoms with van der Waals surface area (Å²) in [5.41, 5.74) is -0.000579. The minimum absolute atomic E-state index is 0.000579. The number of rotatable bonds is 2. The Bertz CT molecular complexity index is 108. The molecule has 1 rings (SSSR count). The minimum Gasteiger partial charge on any atom is -0.391 e. The van der Waals surface area contributed by atoms with E-state index in [1.807, 2.05) is 0 Å². The van der Waals surface area contributed by atoms with Gasteiger partial charge in [0.15, 0.2) is 0 Å². The fourth-order valence-corrected chi connectivity index (χ4v) is 1.56. The molecule has 0 aromatic carbocycles. The monoisotopic (exact) mass is 144 g/mol. The normalized spacial score (nSPS) is 30.9. The second-order valence-electron chi connectivity index (χ2n) is 3.06. The van der Waals surface area contributed by atoms with Crippen molar-refractivity contribution in [3.05, 3.63) is 0 Å². The molecule has 0 spiro atoms. The van der Waals surface area contributed by atoms with Crippen LogP contribution >= 0.6 is 0 Å². The van der Waals surface area contributed by atoms with Crippen molar-refractivity contribution in [2.45, 2.75) is 44.8 Å². The Morgan fingerprint density at radius 2 is 2.10 bits per heavy atom. The molecule has 0 aromatic heterocycles. The summed E-state index contributed by atoms with van der Waals surface area (Å²) in [6, 6.07) is 0. The van der Waals surface area contributed by atoms with Crippen LogP contribution in [-0.2, 0) is 4.74 Å². The van der Waals surface area contributed by atoms with Crippen LogP contribution in [0.3, 0.4) is 0 Å². The van der Waals surface area contributed by atoms with Crippen LogP contribution in [0.5, 0.6) is 0 Å². The summed E-state index contributed by atoms with van der Waals surface area (Å²) in [5, 5.41) is 9.20. The van der Waals surface area contributed by atoms with Gasteiger partial charge in [0, 0.05) is 6.42 Å². The molecule has 1 aliphatic rings. The van der Waals surface area contributed by atoms with Crippen LogP contribution in [0, 0.1) is 0 Å². The summed E-state index contributed by atoms with van der Waals surface area (Å²) in [4.78, 5) is 0. The van der Waals surface area contributed by atoms with Crippen molar-refractivity contribution in [2.75, 3.05) is 6.61 Å². The van der Waals surface area contributed by atoms with Crippen molar-refractivity contribution in [3.8, 4) is 0 Å². The maximum atomic E-state index is 9.20. The third-order valence-electron chi connectivity index (χ3n) is 2.48. The zero-order valence-corrected chi connectivity index (χ0v) is 6.76. The molecule has 0 bridgehead atoms. The van der Waals surface area contributed by atoms with Gasteiger partial charge in [-0.15, -0.1) is 0 Å². The molecule has 10 heavy (non-hydrogen) atoms. The Hall–Kier alpha value is -0.0800. The summed E-state index contributed by atoms with van der Waals surface area (Å²) in [7, 11) is 0. The highest BCUT2D eigenvalue weighted by Crippen LogP contribution is 2.31. The first kappa shape index (κ1) is 8.02. The Balaban J connectivity index is 2.51. The standard InChI is InChI=1S/C8H16O2/c1-3-8(4-2)5-7(9)6-10-8/h7,9H,3-6H2,1-2H3. The molecular formula is C8H16O2. The van der Waals surface area contributed by atoms with E-state index in [4.69, 9.17) is 4.74 Å². The topological polar surface area (TPSA) is 29.5 Å². The van der Waals surface area contributed by atoms with Crippen LogP contribution in [0.15, 0.2) is 0 Å². The van der Waals surface area contributed by atoms with Crippen LogP contribution in [-0.4, -0.2) is 23.4 Å². The molecule has 1 atom stereocenters. The number of aliphatic hydroxyl groups excluding tert-OH is 1. The van der Waals surface area contributed by atoms with E-state index in [1.165, 1.54) is 0 Å². The lowest BCUT2D eigenvalue weighted by Gasteiger charge is -2.24. The average Bonchev–Trinajstić information content (AvgIpc) is 2.33. The van der Waals surface area contributed by atoms with E-state index in [1.54, 1.807) is 0 Å². The van der Waals surface area contributed by atoms with Gasteiger partial charge in [-0.25, -0.2) is 0 Å². The maximum absolute atomic E-state index is 9.20. The molecule has 0 amide bonds. The fraction of sp³-hybridized carbons (Fsp3) is 1.00. The third-order valence-corrected chi connectivity index (χ3v) is 2.48. The lowest BCUT2D eigenvalue weighted by Crippen LogP contribution is -2.25. The first-order chi connectivity index (χ1) is 4.72. The SMILES string of the molecule is CCC1(CC)CC(O)CO1. The molecule has 0 radical (unpaired) electrons. The van der Waals surface area contributed by atoms with Gasteiger partial charge in [0.2, 0.25) is 0 Å². The smallest absolute Gasteiger partial charge is 0.0801 e. The zero-order valence-electron chi connectivity index (χ0n) is 6.76. The van der Waals surface area contributed by atoms with Gasteiger partial charge < -0.3 is 9.84 Å². The first-order valence-electron chi connectivity index (χ1n) is 4.04. The van der Waals surface area contributed by atoms with Gasteiger partial charge in [0.05, 0.1) is 18.3 Å². The molecule has 1 unspecified atom stereocenters. The maximum Gasteiger partial charge on any atom is 0.0801 e. The van der Waals surface area contributed by atoms with Gasteiger partial charge in [0.25, 0.3) is 0 Å². The molecule has 2 heteroatoms. The Labute approximate surface area is 62.2 Å². The van der Waals surface area contributed by atoms with Crippen molar-refractivity contribution in [3.63, 3.8) is 0 Å². The summed E-state index contributed by atoms with van der Waals surface area (Å²) in [5.74, 6) is 0. The highest BCUT2D eigenvalue weighted by Gasteiger charge is 2.36. The highest BCUT2D eigenvalue weighted by atomic mass is 16.5. The molecule has 60 valence electrons. The van der Waals surface area contributed by atoms with Crippen molar-refractivity contribution >= 4 is 0 Å². The molecule has 1 N–H and O–H groups in total. The molecule has 0 aromatic rings. The van der Waals surface area contributed by atoms with E-state index < -0.39 is 0 Å². The van der Waals surface area contributed by atoms with E-state index in [0.717, 1.165) is 19.3 Å². The van der Waals surface area contributed by atoms with Gasteiger partial charge in [-0.3, -0.25) is 0 Å². The summed E-state index contributed by atoms with van der Waals surface area (Å²) < 4.78 is 5.50. The van der Waals surface area contributed by atoms with Gasteiger partial charge >= 0.3 is 0 Å². The Kier molecular flexibility index (Phi) is 2.32. The fourth-order valence-electron chi connectivity index (χ4n) is 1.56. The minimum atomic E-state index is -0.222. The van der Waals surface area contributed by atoms with Crippen molar-refractivity contribution < 1.29 is 9.84 Å². The zero-order chi connectivity index (χ0) is 7.61. The van der Waals surface area contributed by atoms with Crippen LogP contribution in [0.25, 0.3) is 0 Å². The lowest BCUT2D eigenvalue weighted by molar-refractivity contribution is -0.00464. The van der Waals surface area contributed by atoms with E-state index in [0.29, 0.717) is 6.61 Å². The van der Waals surface area contributed by atoms with Crippen LogP contribution < -0.4 is 0 Å². The van der Waals surface area contributed by atoms with E-state index in [9.17, 15) is 5.11 Å². The lowest BCUT2D eigenvalue weighted by atomic mass is 9.93. The molecule has 0 saturated carbocycles. The Morgan fingerprint density at radius 1 is 1.50 bits per heavy atom. The van der Waals surface area contributed by atoms with Crippen molar-refractivity contribution in [1.82, 2.24) is 0 Å². The summed E-state index contributed by atoms with van der Waals surface area (Å²) >= 11 is 0. The van der Waals surface area contributed by atoms with Gasteiger partial charge in [-0.2, -0.15) is 0 Å². The second kappa shape index (κ2) is 2.89. The van der Waals surface area contributed by atoms with Gasteiger partial charge in [-0.05, 0) is 12.8 Å². The molecular weight excluding hydrogens is 128 g/mol. The molecule has 0 aliphatic carbocycles. The molecule has 2 nitrogen and oxygen atoms in total. The van der Waals surface area contributed by atoms with E-state index in [-0.39, 0.29) is 11.7 Å². The predicted octanol–water partition coefficient (Wildman–Crippen LogP) is 1.33. The largest absolute Gasteiger partial charge is 0.391 e. The van der Waals surface area contributed by atoms with Crippen molar-refractivity contribution in [1.29, 1.82) is 0 Å². The molecule has 1 saturated heterocycles. The first-order valence-corrected chi connectivity index (χ1v) is 4.04. The molecule has 1 heterocycles. The van der Waals surface area contributed by atoms with Gasteiger partial charge in [-0.1, -0.05) is 13.8 Å². The van der Waals surface area contributed by atoms with Crippen molar-refractivity contribution in [2.24, 2.45) is 0 Å². The van der Waals surface area contributed by atoms with Crippen LogP contribution in [0.1, 0.15) is 33.1 Å². The summed E-state index contributed by atoms with van der Waals surface area (Å²) in [6.07, 6.45) is 2.63. The molecule has 1 aliphatic heterocycles. The predicted molar refractivity (Wildman–Crippen MR) is 39.9 cm³/mol. The van der Waals surface area contributed by atoms with Crippen LogP contribution in [0.4, 0.5) is 0 Å². The van der Waals surface area contributed by atoms with Crippen LogP contribution in [0.2, 0.25) is 0 Å². The quantitative estimate of drug-likeness (QED) is 0.633. The molecule has 1 fully saturated rings. The number of ether oxygens (including phenoxy) is 1. The second-order valence-corrected chi connectivity index (χ2v) is 3.06. The average molecular weight is 144 g/mol. The number of hydrogen-bond acceptors (Lipinski definition) is 2. The third kappa shape index (κ3) is 1.32. The number of aliphatic hydroxyl groups is 1. The Morgan fingerprint density at radius 3 is 2.30 bits per heavy atom. The summed E-state index contributed by atoms with van der Waals surface area (Å²) in [6.45, 7) is 4.75. The van der Waals surface area contributed by atoms with E-state index in [2.05, 4.69) is 13.8 Å². The number of hydrogen-bond donors (Lipinski definition) is 1. The van der Waals surface area contributed by atoms with E-state index >= 15 is 0 Å². The van der Waals surface area contributed by atoms with Gasteiger partial charge in [0.1, 0.15) is 0 Å².